The summed E-state index contributed by atoms with van der Waals surface area (Å²) in [5, 5.41) is 2.95. The van der Waals surface area contributed by atoms with Gasteiger partial charge in [-0.1, -0.05) is 12.1 Å². The Bertz CT molecular complexity index is 843. The number of nitrogens with zero attached hydrogens (tertiary/aromatic N) is 2. The lowest BCUT2D eigenvalue weighted by atomic mass is 10.1. The maximum atomic E-state index is 12.4. The molecule has 1 heterocycles. The molecular weight excluding hydrogens is 342 g/mol. The van der Waals surface area contributed by atoms with E-state index in [1.54, 1.807) is 19.6 Å². The van der Waals surface area contributed by atoms with Crippen molar-refractivity contribution in [3.05, 3.63) is 78.4 Å². The average molecular weight is 365 g/mol. The number of aromatic nitrogens is 2. The average Bonchev–Trinajstić information content (AvgIpc) is 3.20. The largest absolute Gasteiger partial charge is 0.497 e. The van der Waals surface area contributed by atoms with E-state index >= 15 is 0 Å². The Labute approximate surface area is 158 Å². The van der Waals surface area contributed by atoms with Crippen LogP contribution in [0.1, 0.15) is 22.8 Å². The number of hydrogen-bond acceptors (Lipinski definition) is 4. The van der Waals surface area contributed by atoms with Gasteiger partial charge in [-0.25, -0.2) is 4.98 Å². The molecule has 3 rings (SSSR count). The molecule has 2 aromatic carbocycles. The third-order valence-corrected chi connectivity index (χ3v) is 4.08. The Hall–Kier alpha value is -3.28. The molecule has 1 aromatic heterocycles. The van der Waals surface area contributed by atoms with Crippen molar-refractivity contribution in [1.29, 1.82) is 0 Å². The summed E-state index contributed by atoms with van der Waals surface area (Å²) in [6.07, 6.45) is 5.42. The number of ether oxygens (including phenoxy) is 2. The van der Waals surface area contributed by atoms with Crippen molar-refractivity contribution in [2.75, 3.05) is 13.7 Å². The SMILES string of the molecule is COc1ccc(OC[C@H](C)NC(=O)c2ccc(Cn3ccnc3)cc2)cc1. The predicted molar refractivity (Wildman–Crippen MR) is 103 cm³/mol. The minimum absolute atomic E-state index is 0.116. The molecule has 0 fully saturated rings. The van der Waals surface area contributed by atoms with Crippen molar-refractivity contribution < 1.29 is 14.3 Å². The number of carbonyl (C=O) groups excluding carboxylic acids is 1. The van der Waals surface area contributed by atoms with Crippen LogP contribution in [0, 0.1) is 0 Å². The highest BCUT2D eigenvalue weighted by atomic mass is 16.5. The maximum Gasteiger partial charge on any atom is 0.251 e. The van der Waals surface area contributed by atoms with E-state index in [0.717, 1.165) is 23.6 Å². The van der Waals surface area contributed by atoms with E-state index in [4.69, 9.17) is 9.47 Å². The van der Waals surface area contributed by atoms with E-state index in [1.165, 1.54) is 0 Å². The normalized spacial score (nSPS) is 11.6. The molecule has 0 spiro atoms. The number of nitrogens with one attached hydrogen (secondary N) is 1. The number of imidazole rings is 1. The second-order valence-corrected chi connectivity index (χ2v) is 6.29. The standard InChI is InChI=1S/C21H23N3O3/c1-16(14-27-20-9-7-19(26-2)8-10-20)23-21(25)18-5-3-17(4-6-18)13-24-12-11-22-15-24/h3-12,15-16H,13-14H2,1-2H3,(H,23,25)/t16-/m0/s1. The van der Waals surface area contributed by atoms with Gasteiger partial charge in [0.25, 0.3) is 5.91 Å². The summed E-state index contributed by atoms with van der Waals surface area (Å²) in [7, 11) is 1.62. The fourth-order valence-electron chi connectivity index (χ4n) is 2.59. The van der Waals surface area contributed by atoms with Crippen LogP contribution in [0.25, 0.3) is 0 Å². The van der Waals surface area contributed by atoms with E-state index in [9.17, 15) is 4.79 Å². The summed E-state index contributed by atoms with van der Waals surface area (Å²) in [6.45, 7) is 3.03. The minimum atomic E-state index is -0.120. The first-order valence-corrected chi connectivity index (χ1v) is 8.76. The molecule has 27 heavy (non-hydrogen) atoms. The van der Waals surface area contributed by atoms with Crippen molar-refractivity contribution in [3.63, 3.8) is 0 Å². The smallest absolute Gasteiger partial charge is 0.251 e. The Balaban J connectivity index is 1.48. The van der Waals surface area contributed by atoms with Gasteiger partial charge in [-0.2, -0.15) is 0 Å². The molecule has 0 aliphatic carbocycles. The van der Waals surface area contributed by atoms with Gasteiger partial charge in [-0.15, -0.1) is 0 Å². The Kier molecular flexibility index (Phi) is 6.10. The van der Waals surface area contributed by atoms with E-state index in [2.05, 4.69) is 10.3 Å². The van der Waals surface area contributed by atoms with Crippen LogP contribution in [0.15, 0.2) is 67.3 Å². The molecule has 0 radical (unpaired) electrons. The third kappa shape index (κ3) is 5.34. The third-order valence-electron chi connectivity index (χ3n) is 4.08. The van der Waals surface area contributed by atoms with Crippen molar-refractivity contribution >= 4 is 5.91 Å². The quantitative estimate of drug-likeness (QED) is 0.666. The van der Waals surface area contributed by atoms with Gasteiger partial charge in [0.2, 0.25) is 0 Å². The van der Waals surface area contributed by atoms with E-state index in [1.807, 2.05) is 66.2 Å². The van der Waals surface area contributed by atoms with Crippen molar-refractivity contribution in [1.82, 2.24) is 14.9 Å². The van der Waals surface area contributed by atoms with Crippen LogP contribution in [0.5, 0.6) is 11.5 Å². The molecular formula is C21H23N3O3. The molecule has 0 saturated heterocycles. The summed E-state index contributed by atoms with van der Waals surface area (Å²) in [5.41, 5.74) is 1.74. The monoisotopic (exact) mass is 365 g/mol. The lowest BCUT2D eigenvalue weighted by Gasteiger charge is -2.15. The van der Waals surface area contributed by atoms with E-state index in [0.29, 0.717) is 12.2 Å². The molecule has 6 heteroatoms. The zero-order valence-corrected chi connectivity index (χ0v) is 15.5. The number of methoxy groups -OCH3 is 1. The summed E-state index contributed by atoms with van der Waals surface area (Å²) < 4.78 is 12.8. The van der Waals surface area contributed by atoms with Gasteiger partial charge in [0.1, 0.15) is 18.1 Å². The van der Waals surface area contributed by atoms with Crippen LogP contribution < -0.4 is 14.8 Å². The van der Waals surface area contributed by atoms with Crippen molar-refractivity contribution in [2.45, 2.75) is 19.5 Å². The molecule has 0 aliphatic rings. The lowest BCUT2D eigenvalue weighted by Crippen LogP contribution is -2.36. The maximum absolute atomic E-state index is 12.4. The van der Waals surface area contributed by atoms with Crippen LogP contribution in [0.4, 0.5) is 0 Å². The zero-order chi connectivity index (χ0) is 19.1. The molecule has 6 nitrogen and oxygen atoms in total. The topological polar surface area (TPSA) is 65.4 Å². The van der Waals surface area contributed by atoms with Crippen LogP contribution in [-0.2, 0) is 6.54 Å². The number of amides is 1. The Morgan fingerprint density at radius 2 is 1.81 bits per heavy atom. The Morgan fingerprint density at radius 3 is 2.44 bits per heavy atom. The molecule has 3 aromatic rings. The summed E-state index contributed by atoms with van der Waals surface area (Å²) in [6, 6.07) is 14.8. The second kappa shape index (κ2) is 8.89. The number of benzene rings is 2. The molecule has 1 N–H and O–H groups in total. The predicted octanol–water partition coefficient (Wildman–Crippen LogP) is 3.14. The molecule has 1 amide bonds. The van der Waals surface area contributed by atoms with Gasteiger partial charge in [-0.05, 0) is 48.9 Å². The highest BCUT2D eigenvalue weighted by Crippen LogP contribution is 2.17. The molecule has 1 atom stereocenters. The van der Waals surface area contributed by atoms with Crippen LogP contribution in [0.2, 0.25) is 0 Å². The van der Waals surface area contributed by atoms with E-state index < -0.39 is 0 Å². The molecule has 0 bridgehead atoms. The lowest BCUT2D eigenvalue weighted by molar-refractivity contribution is 0.0926. The summed E-state index contributed by atoms with van der Waals surface area (Å²) in [4.78, 5) is 16.4. The van der Waals surface area contributed by atoms with Crippen LogP contribution >= 0.6 is 0 Å². The fraction of sp³-hybridized carbons (Fsp3) is 0.238. The van der Waals surface area contributed by atoms with Crippen molar-refractivity contribution in [3.8, 4) is 11.5 Å². The zero-order valence-electron chi connectivity index (χ0n) is 15.5. The summed E-state index contributed by atoms with van der Waals surface area (Å²) >= 11 is 0. The highest BCUT2D eigenvalue weighted by molar-refractivity contribution is 5.94. The minimum Gasteiger partial charge on any atom is -0.497 e. The van der Waals surface area contributed by atoms with Gasteiger partial charge < -0.3 is 19.4 Å². The first-order valence-electron chi connectivity index (χ1n) is 8.76. The molecule has 0 saturated carbocycles. The van der Waals surface area contributed by atoms with Crippen molar-refractivity contribution in [2.24, 2.45) is 0 Å². The number of carbonyl (C=O) groups is 1. The highest BCUT2D eigenvalue weighted by Gasteiger charge is 2.10. The first kappa shape index (κ1) is 18.5. The molecule has 140 valence electrons. The first-order chi connectivity index (χ1) is 13.1. The second-order valence-electron chi connectivity index (χ2n) is 6.29. The van der Waals surface area contributed by atoms with Crippen LogP contribution in [0.3, 0.4) is 0 Å². The summed E-state index contributed by atoms with van der Waals surface area (Å²) in [5.74, 6) is 1.40. The van der Waals surface area contributed by atoms with Crippen LogP contribution in [-0.4, -0.2) is 35.2 Å². The Morgan fingerprint density at radius 1 is 1.11 bits per heavy atom. The number of hydrogen-bond donors (Lipinski definition) is 1. The van der Waals surface area contributed by atoms with Gasteiger partial charge in [0.15, 0.2) is 0 Å². The molecule has 0 aliphatic heterocycles. The number of rotatable bonds is 8. The van der Waals surface area contributed by atoms with Gasteiger partial charge >= 0.3 is 0 Å². The van der Waals surface area contributed by atoms with E-state index in [-0.39, 0.29) is 11.9 Å². The fourth-order valence-corrected chi connectivity index (χ4v) is 2.59. The van der Waals surface area contributed by atoms with Gasteiger partial charge in [0.05, 0.1) is 19.5 Å². The molecule has 0 unspecified atom stereocenters. The van der Waals surface area contributed by atoms with Gasteiger partial charge in [-0.3, -0.25) is 4.79 Å². The van der Waals surface area contributed by atoms with Gasteiger partial charge in [0, 0.05) is 24.5 Å².